The molecule has 1 aromatic carbocycles. The number of benzene rings is 1. The molecule has 0 saturated carbocycles. The van der Waals surface area contributed by atoms with Gasteiger partial charge >= 0.3 is 0 Å². The number of aromatic nitrogens is 2. The van der Waals surface area contributed by atoms with Gasteiger partial charge in [-0.2, -0.15) is 0 Å². The molecular weight excluding hydrogens is 387 g/mol. The number of hydrogen-bond donors (Lipinski definition) is 2. The third kappa shape index (κ3) is 3.60. The molecule has 10 heteroatoms. The number of aryl methyl sites for hydroxylation is 1. The van der Waals surface area contributed by atoms with Crippen molar-refractivity contribution in [3.8, 4) is 0 Å². The van der Waals surface area contributed by atoms with Crippen molar-refractivity contribution in [1.29, 1.82) is 0 Å². The van der Waals surface area contributed by atoms with Crippen molar-refractivity contribution in [1.82, 2.24) is 9.97 Å². The minimum Gasteiger partial charge on any atom is -0.398 e. The maximum atomic E-state index is 13.8. The summed E-state index contributed by atoms with van der Waals surface area (Å²) in [6.07, 6.45) is 0. The largest absolute Gasteiger partial charge is 0.398 e. The Hall–Kier alpha value is -1.45. The topological polar surface area (TPSA) is 98.0 Å². The van der Waals surface area contributed by atoms with Gasteiger partial charge in [0.1, 0.15) is 15.9 Å². The predicted octanol–water partition coefficient (Wildman–Crippen LogP) is 2.72. The summed E-state index contributed by atoms with van der Waals surface area (Å²) in [6.45, 7) is 1.61. The third-order valence-electron chi connectivity index (χ3n) is 2.39. The fourth-order valence-corrected chi connectivity index (χ4v) is 3.09. The Kier molecular flexibility index (Phi) is 4.35. The second-order valence-electron chi connectivity index (χ2n) is 4.07. The van der Waals surface area contributed by atoms with Crippen LogP contribution in [0, 0.1) is 12.7 Å². The average Bonchev–Trinajstić information content (AvgIpc) is 2.31. The first-order valence-electron chi connectivity index (χ1n) is 5.47. The van der Waals surface area contributed by atoms with Gasteiger partial charge in [-0.25, -0.2) is 27.5 Å². The molecule has 2 aromatic rings. The van der Waals surface area contributed by atoms with E-state index in [9.17, 15) is 12.8 Å². The first kappa shape index (κ1) is 15.9. The van der Waals surface area contributed by atoms with E-state index in [0.29, 0.717) is 5.69 Å². The van der Waals surface area contributed by atoms with Crippen LogP contribution in [0.2, 0.25) is 5.15 Å². The SMILES string of the molecule is Cc1cc(Cl)nc(NS(=O)(=O)c2cc(N)c(Br)cc2F)n1. The van der Waals surface area contributed by atoms with Gasteiger partial charge in [0.25, 0.3) is 10.0 Å². The molecule has 0 unspecified atom stereocenters. The minimum absolute atomic E-state index is 0.0657. The highest BCUT2D eigenvalue weighted by atomic mass is 79.9. The van der Waals surface area contributed by atoms with Crippen LogP contribution in [0.15, 0.2) is 27.6 Å². The molecule has 1 aromatic heterocycles. The van der Waals surface area contributed by atoms with E-state index < -0.39 is 20.7 Å². The summed E-state index contributed by atoms with van der Waals surface area (Å²) >= 11 is 8.73. The molecule has 0 bridgehead atoms. The fourth-order valence-electron chi connectivity index (χ4n) is 1.50. The maximum Gasteiger partial charge on any atom is 0.267 e. The fraction of sp³-hybridized carbons (Fsp3) is 0.0909. The standard InChI is InChI=1S/C11H9BrClFN4O2S/c1-5-2-10(13)17-11(16-5)18-21(19,20)9-4-8(15)6(12)3-7(9)14/h2-4H,15H2,1H3,(H,16,17,18). The summed E-state index contributed by atoms with van der Waals surface area (Å²) in [4.78, 5) is 6.97. The molecule has 0 atom stereocenters. The quantitative estimate of drug-likeness (QED) is 0.615. The third-order valence-corrected chi connectivity index (χ3v) is 4.61. The van der Waals surface area contributed by atoms with Gasteiger partial charge in [-0.3, -0.25) is 0 Å². The van der Waals surface area contributed by atoms with Gasteiger partial charge in [-0.15, -0.1) is 0 Å². The van der Waals surface area contributed by atoms with Gasteiger partial charge in [0.15, 0.2) is 0 Å². The van der Waals surface area contributed by atoms with E-state index in [4.69, 9.17) is 17.3 Å². The second-order valence-corrected chi connectivity index (χ2v) is 6.96. The van der Waals surface area contributed by atoms with E-state index in [-0.39, 0.29) is 21.3 Å². The van der Waals surface area contributed by atoms with Gasteiger partial charge in [0, 0.05) is 15.9 Å². The summed E-state index contributed by atoms with van der Waals surface area (Å²) in [7, 11) is -4.23. The molecule has 3 N–H and O–H groups in total. The minimum atomic E-state index is -4.23. The van der Waals surface area contributed by atoms with Crippen LogP contribution in [0.3, 0.4) is 0 Å². The first-order valence-corrected chi connectivity index (χ1v) is 8.13. The van der Waals surface area contributed by atoms with Crippen molar-refractivity contribution in [2.45, 2.75) is 11.8 Å². The molecule has 0 saturated heterocycles. The van der Waals surface area contributed by atoms with E-state index in [2.05, 4.69) is 30.6 Å². The van der Waals surface area contributed by atoms with E-state index >= 15 is 0 Å². The monoisotopic (exact) mass is 394 g/mol. The Balaban J connectivity index is 2.45. The van der Waals surface area contributed by atoms with Crippen LogP contribution < -0.4 is 10.5 Å². The maximum absolute atomic E-state index is 13.8. The van der Waals surface area contributed by atoms with Crippen LogP contribution in [0.25, 0.3) is 0 Å². The normalized spacial score (nSPS) is 11.4. The second kappa shape index (κ2) is 5.74. The van der Waals surface area contributed by atoms with Crippen LogP contribution >= 0.6 is 27.5 Å². The van der Waals surface area contributed by atoms with Crippen LogP contribution in [0.5, 0.6) is 0 Å². The number of nitrogens with one attached hydrogen (secondary N) is 1. The summed E-state index contributed by atoms with van der Waals surface area (Å²) in [5.41, 5.74) is 6.11. The zero-order chi connectivity index (χ0) is 15.8. The molecule has 1 heterocycles. The summed E-state index contributed by atoms with van der Waals surface area (Å²) in [6, 6.07) is 3.42. The highest BCUT2D eigenvalue weighted by Crippen LogP contribution is 2.27. The van der Waals surface area contributed by atoms with Gasteiger partial charge in [0.05, 0.1) is 0 Å². The molecule has 6 nitrogen and oxygen atoms in total. The van der Waals surface area contributed by atoms with Crippen molar-refractivity contribution in [3.63, 3.8) is 0 Å². The van der Waals surface area contributed by atoms with Gasteiger partial charge in [0.2, 0.25) is 5.95 Å². The first-order chi connectivity index (χ1) is 9.69. The smallest absolute Gasteiger partial charge is 0.267 e. The number of halogens is 3. The number of nitrogen functional groups attached to an aromatic ring is 1. The van der Waals surface area contributed by atoms with Crippen LogP contribution in [0.4, 0.5) is 16.0 Å². The molecule has 0 amide bonds. The predicted molar refractivity (Wildman–Crippen MR) is 81.1 cm³/mol. The summed E-state index contributed by atoms with van der Waals surface area (Å²) < 4.78 is 40.5. The Morgan fingerprint density at radius 1 is 1.33 bits per heavy atom. The van der Waals surface area contributed by atoms with Crippen molar-refractivity contribution >= 4 is 49.2 Å². The Morgan fingerprint density at radius 2 is 2.00 bits per heavy atom. The van der Waals surface area contributed by atoms with Gasteiger partial charge < -0.3 is 5.73 Å². The van der Waals surface area contributed by atoms with Crippen LogP contribution in [-0.4, -0.2) is 18.4 Å². The lowest BCUT2D eigenvalue weighted by Gasteiger charge is -2.09. The number of nitrogens with two attached hydrogens (primary N) is 1. The molecule has 21 heavy (non-hydrogen) atoms. The number of anilines is 2. The average molecular weight is 396 g/mol. The number of nitrogens with zero attached hydrogens (tertiary/aromatic N) is 2. The highest BCUT2D eigenvalue weighted by Gasteiger charge is 2.22. The van der Waals surface area contributed by atoms with Crippen molar-refractivity contribution in [2.75, 3.05) is 10.5 Å². The molecular formula is C11H9BrClFN4O2S. The molecule has 0 fully saturated rings. The number of hydrogen-bond acceptors (Lipinski definition) is 5. The highest BCUT2D eigenvalue weighted by molar-refractivity contribution is 9.10. The molecule has 0 radical (unpaired) electrons. The summed E-state index contributed by atoms with van der Waals surface area (Å²) in [5.74, 6) is -1.21. The Bertz CT molecular complexity index is 796. The molecule has 0 aliphatic carbocycles. The van der Waals surface area contributed by atoms with Crippen molar-refractivity contribution in [3.05, 3.63) is 39.3 Å². The van der Waals surface area contributed by atoms with Crippen molar-refractivity contribution < 1.29 is 12.8 Å². The molecule has 112 valence electrons. The van der Waals surface area contributed by atoms with E-state index in [1.54, 1.807) is 6.92 Å². The molecule has 0 aliphatic rings. The van der Waals surface area contributed by atoms with E-state index in [1.807, 2.05) is 0 Å². The van der Waals surface area contributed by atoms with Crippen LogP contribution in [-0.2, 0) is 10.0 Å². The Morgan fingerprint density at radius 3 is 2.62 bits per heavy atom. The number of sulfonamides is 1. The van der Waals surface area contributed by atoms with Crippen molar-refractivity contribution in [2.24, 2.45) is 0 Å². The van der Waals surface area contributed by atoms with Gasteiger partial charge in [-0.1, -0.05) is 11.6 Å². The lowest BCUT2D eigenvalue weighted by Crippen LogP contribution is -2.17. The lowest BCUT2D eigenvalue weighted by molar-refractivity contribution is 0.570. The lowest BCUT2D eigenvalue weighted by atomic mass is 10.3. The molecule has 0 spiro atoms. The zero-order valence-electron chi connectivity index (χ0n) is 10.6. The Labute approximate surface area is 133 Å². The van der Waals surface area contributed by atoms with Gasteiger partial charge in [-0.05, 0) is 41.1 Å². The van der Waals surface area contributed by atoms with E-state index in [1.165, 1.54) is 6.07 Å². The number of rotatable bonds is 3. The zero-order valence-corrected chi connectivity index (χ0v) is 13.7. The van der Waals surface area contributed by atoms with Crippen LogP contribution in [0.1, 0.15) is 5.69 Å². The summed E-state index contributed by atoms with van der Waals surface area (Å²) in [5, 5.41) is 0.0657. The molecule has 0 aliphatic heterocycles. The van der Waals surface area contributed by atoms with E-state index in [0.717, 1.165) is 12.1 Å². The molecule has 2 rings (SSSR count).